The van der Waals surface area contributed by atoms with Gasteiger partial charge in [0, 0.05) is 31.3 Å². The Labute approximate surface area is 139 Å². The summed E-state index contributed by atoms with van der Waals surface area (Å²) in [4.78, 5) is 15.2. The van der Waals surface area contributed by atoms with Crippen LogP contribution in [0.1, 0.15) is 36.8 Å². The van der Waals surface area contributed by atoms with Crippen LogP contribution in [0.4, 0.5) is 0 Å². The van der Waals surface area contributed by atoms with E-state index in [0.29, 0.717) is 12.2 Å². The third-order valence-electron chi connectivity index (χ3n) is 4.80. The molecule has 0 saturated carbocycles. The van der Waals surface area contributed by atoms with Crippen LogP contribution in [0, 0.1) is 5.92 Å². The first kappa shape index (κ1) is 15.9. The maximum Gasteiger partial charge on any atom is 0.139 e. The topological polar surface area (TPSA) is 20.3 Å². The van der Waals surface area contributed by atoms with Gasteiger partial charge in [-0.25, -0.2) is 0 Å². The van der Waals surface area contributed by atoms with Crippen LogP contribution in [0.5, 0.6) is 0 Å². The molecule has 3 rings (SSSR count). The molecule has 0 aliphatic carbocycles. The molecule has 0 N–H and O–H groups in total. The van der Waals surface area contributed by atoms with Crippen LogP contribution in [0.2, 0.25) is 0 Å². The maximum absolute atomic E-state index is 12.7. The van der Waals surface area contributed by atoms with E-state index in [1.165, 1.54) is 11.1 Å². The lowest BCUT2D eigenvalue weighted by atomic mass is 9.76. The first-order valence-corrected chi connectivity index (χ1v) is 8.64. The molecular weight excluding hydrogens is 282 g/mol. The predicted octanol–water partition coefficient (Wildman–Crippen LogP) is 4.12. The smallest absolute Gasteiger partial charge is 0.139 e. The first-order valence-electron chi connectivity index (χ1n) is 8.64. The number of nitrogens with zero attached hydrogens (tertiary/aromatic N) is 1. The molecule has 1 unspecified atom stereocenters. The van der Waals surface area contributed by atoms with Crippen molar-refractivity contribution in [3.8, 4) is 0 Å². The van der Waals surface area contributed by atoms with Crippen molar-refractivity contribution in [2.45, 2.75) is 25.7 Å². The van der Waals surface area contributed by atoms with Crippen LogP contribution >= 0.6 is 0 Å². The highest BCUT2D eigenvalue weighted by Crippen LogP contribution is 2.35. The largest absolute Gasteiger partial charge is 0.302 e. The molecule has 0 amide bonds. The molecule has 1 heterocycles. The van der Waals surface area contributed by atoms with Crippen molar-refractivity contribution in [1.29, 1.82) is 0 Å². The summed E-state index contributed by atoms with van der Waals surface area (Å²) in [6, 6.07) is 21.0. The van der Waals surface area contributed by atoms with Gasteiger partial charge in [-0.3, -0.25) is 4.79 Å². The molecule has 1 aliphatic heterocycles. The Hall–Kier alpha value is -1.93. The van der Waals surface area contributed by atoms with Crippen molar-refractivity contribution < 1.29 is 4.79 Å². The summed E-state index contributed by atoms with van der Waals surface area (Å²) in [5.41, 5.74) is 2.49. The number of hydrogen-bond donors (Lipinski definition) is 0. The van der Waals surface area contributed by atoms with Gasteiger partial charge in [0.05, 0.1) is 0 Å². The van der Waals surface area contributed by atoms with Crippen molar-refractivity contribution in [2.75, 3.05) is 19.6 Å². The van der Waals surface area contributed by atoms with Crippen molar-refractivity contribution in [3.63, 3.8) is 0 Å². The third-order valence-corrected chi connectivity index (χ3v) is 4.80. The minimum atomic E-state index is 0.0556. The molecule has 1 atom stereocenters. The van der Waals surface area contributed by atoms with Crippen LogP contribution in [0.15, 0.2) is 60.7 Å². The summed E-state index contributed by atoms with van der Waals surface area (Å²) in [5, 5.41) is 0. The van der Waals surface area contributed by atoms with Crippen LogP contribution in [-0.4, -0.2) is 30.3 Å². The van der Waals surface area contributed by atoms with Gasteiger partial charge in [0.2, 0.25) is 0 Å². The summed E-state index contributed by atoms with van der Waals surface area (Å²) in [6.45, 7) is 5.08. The molecule has 1 saturated heterocycles. The molecule has 0 spiro atoms. The highest BCUT2D eigenvalue weighted by atomic mass is 16.1. The van der Waals surface area contributed by atoms with E-state index in [4.69, 9.17) is 0 Å². The van der Waals surface area contributed by atoms with Gasteiger partial charge in [-0.05, 0) is 24.1 Å². The zero-order valence-corrected chi connectivity index (χ0v) is 13.8. The SMILES string of the molecule is CCCN1CCC(=O)C(C(c2ccccc2)c2ccccc2)C1. The Morgan fingerprint density at radius 3 is 2.09 bits per heavy atom. The monoisotopic (exact) mass is 307 g/mol. The molecule has 2 aromatic carbocycles. The number of benzene rings is 2. The van der Waals surface area contributed by atoms with Gasteiger partial charge < -0.3 is 4.90 Å². The van der Waals surface area contributed by atoms with Gasteiger partial charge in [-0.2, -0.15) is 0 Å². The number of rotatable bonds is 5. The maximum atomic E-state index is 12.7. The van der Waals surface area contributed by atoms with Gasteiger partial charge in [0.25, 0.3) is 0 Å². The number of Topliss-reactive ketones (excluding diaryl/α,β-unsaturated/α-hetero) is 1. The number of piperidine rings is 1. The normalized spacial score (nSPS) is 19.2. The molecule has 1 fully saturated rings. The second kappa shape index (κ2) is 7.56. The van der Waals surface area contributed by atoms with Gasteiger partial charge >= 0.3 is 0 Å². The van der Waals surface area contributed by atoms with Crippen molar-refractivity contribution >= 4 is 5.78 Å². The molecule has 0 aromatic heterocycles. The molecule has 0 radical (unpaired) electrons. The Kier molecular flexibility index (Phi) is 5.24. The molecule has 2 aromatic rings. The second-order valence-corrected chi connectivity index (χ2v) is 6.42. The lowest BCUT2D eigenvalue weighted by Crippen LogP contribution is -2.43. The van der Waals surface area contributed by atoms with Crippen molar-refractivity contribution in [1.82, 2.24) is 4.90 Å². The standard InChI is InChI=1S/C21H25NO/c1-2-14-22-15-13-20(23)19(16-22)21(17-9-5-3-6-10-17)18-11-7-4-8-12-18/h3-12,19,21H,2,13-16H2,1H3. The van der Waals surface area contributed by atoms with Crippen LogP contribution < -0.4 is 0 Å². The summed E-state index contributed by atoms with van der Waals surface area (Å²) in [5.74, 6) is 0.625. The number of ketones is 1. The fraction of sp³-hybridized carbons (Fsp3) is 0.381. The van der Waals surface area contributed by atoms with Gasteiger partial charge in [-0.15, -0.1) is 0 Å². The van der Waals surface area contributed by atoms with Crippen LogP contribution in [0.3, 0.4) is 0 Å². The van der Waals surface area contributed by atoms with Crippen LogP contribution in [-0.2, 0) is 4.79 Å². The zero-order valence-electron chi connectivity index (χ0n) is 13.8. The van der Waals surface area contributed by atoms with Crippen molar-refractivity contribution in [3.05, 3.63) is 71.8 Å². The second-order valence-electron chi connectivity index (χ2n) is 6.42. The number of carbonyl (C=O) groups is 1. The van der Waals surface area contributed by atoms with E-state index in [0.717, 1.165) is 26.1 Å². The van der Waals surface area contributed by atoms with Gasteiger partial charge in [-0.1, -0.05) is 67.6 Å². The van der Waals surface area contributed by atoms with E-state index in [9.17, 15) is 4.79 Å². The number of carbonyl (C=O) groups excluding carboxylic acids is 1. The summed E-state index contributed by atoms with van der Waals surface area (Å²) < 4.78 is 0. The zero-order chi connectivity index (χ0) is 16.1. The lowest BCUT2D eigenvalue weighted by Gasteiger charge is -2.36. The van der Waals surface area contributed by atoms with E-state index in [-0.39, 0.29) is 11.8 Å². The Morgan fingerprint density at radius 1 is 1.00 bits per heavy atom. The minimum Gasteiger partial charge on any atom is -0.302 e. The number of hydrogen-bond acceptors (Lipinski definition) is 2. The van der Waals surface area contributed by atoms with E-state index < -0.39 is 0 Å². The Bertz CT molecular complexity index is 583. The highest BCUT2D eigenvalue weighted by Gasteiger charge is 2.34. The van der Waals surface area contributed by atoms with E-state index >= 15 is 0 Å². The highest BCUT2D eigenvalue weighted by molar-refractivity contribution is 5.83. The molecule has 23 heavy (non-hydrogen) atoms. The van der Waals surface area contributed by atoms with E-state index in [1.54, 1.807) is 0 Å². The molecule has 2 nitrogen and oxygen atoms in total. The quantitative estimate of drug-likeness (QED) is 0.828. The summed E-state index contributed by atoms with van der Waals surface area (Å²) >= 11 is 0. The molecular formula is C21H25NO. The Morgan fingerprint density at radius 2 is 1.57 bits per heavy atom. The fourth-order valence-electron chi connectivity index (χ4n) is 3.71. The molecule has 0 bridgehead atoms. The van der Waals surface area contributed by atoms with Gasteiger partial charge in [0.1, 0.15) is 5.78 Å². The molecule has 1 aliphatic rings. The van der Waals surface area contributed by atoms with Crippen LogP contribution in [0.25, 0.3) is 0 Å². The summed E-state index contributed by atoms with van der Waals surface area (Å²) in [6.07, 6.45) is 1.82. The van der Waals surface area contributed by atoms with Crippen molar-refractivity contribution in [2.24, 2.45) is 5.92 Å². The minimum absolute atomic E-state index is 0.0556. The van der Waals surface area contributed by atoms with E-state index in [2.05, 4.69) is 60.4 Å². The van der Waals surface area contributed by atoms with Gasteiger partial charge in [0.15, 0.2) is 0 Å². The predicted molar refractivity (Wildman–Crippen MR) is 94.6 cm³/mol. The third kappa shape index (κ3) is 3.70. The average molecular weight is 307 g/mol. The Balaban J connectivity index is 1.96. The first-order chi connectivity index (χ1) is 11.3. The number of likely N-dealkylation sites (tertiary alicyclic amines) is 1. The molecule has 2 heteroatoms. The van der Waals surface area contributed by atoms with E-state index in [1.807, 2.05) is 12.1 Å². The summed E-state index contributed by atoms with van der Waals surface area (Å²) in [7, 11) is 0. The lowest BCUT2D eigenvalue weighted by molar-refractivity contribution is -0.126. The fourth-order valence-corrected chi connectivity index (χ4v) is 3.71. The average Bonchev–Trinajstić information content (AvgIpc) is 2.60. The molecule has 120 valence electrons.